The largest absolute Gasteiger partial charge is 0.396 e. The molecule has 3 aliphatic carbocycles. The van der Waals surface area contributed by atoms with Crippen LogP contribution < -0.4 is 5.32 Å². The number of rotatable bonds is 8. The summed E-state index contributed by atoms with van der Waals surface area (Å²) in [5, 5.41) is 13.2. The van der Waals surface area contributed by atoms with Crippen LogP contribution in [0.15, 0.2) is 11.3 Å². The SMILES string of the molecule is COC1CCC([Si](C)(C)[C@@H]2[C@@H](CCO)O[C@]3(C(=O)N(CC4CCC(NC(C)=O)CC4)C4=C3CCCC4)[C@H]2C)CC1. The highest BCUT2D eigenvalue weighted by molar-refractivity contribution is 6.80. The first-order chi connectivity index (χ1) is 19.1. The number of amides is 2. The lowest BCUT2D eigenvalue weighted by atomic mass is 9.78. The first kappa shape index (κ1) is 30.2. The smallest absolute Gasteiger partial charge is 0.263 e. The zero-order valence-corrected chi connectivity index (χ0v) is 26.7. The average Bonchev–Trinajstić information content (AvgIpc) is 3.37. The van der Waals surface area contributed by atoms with Crippen LogP contribution in [0.1, 0.15) is 97.3 Å². The Bertz CT molecular complexity index is 968. The number of hydrogen-bond acceptors (Lipinski definition) is 5. The van der Waals surface area contributed by atoms with Crippen LogP contribution in [0.5, 0.6) is 0 Å². The highest BCUT2D eigenvalue weighted by Gasteiger charge is 2.67. The highest BCUT2D eigenvalue weighted by Crippen LogP contribution is 2.61. The van der Waals surface area contributed by atoms with Crippen LogP contribution in [-0.4, -0.2) is 74.0 Å². The maximum Gasteiger partial charge on any atom is 0.263 e. The van der Waals surface area contributed by atoms with Crippen molar-refractivity contribution in [2.24, 2.45) is 11.8 Å². The van der Waals surface area contributed by atoms with Crippen LogP contribution in [0.3, 0.4) is 0 Å². The Balaban J connectivity index is 1.39. The summed E-state index contributed by atoms with van der Waals surface area (Å²) >= 11 is 0. The molecule has 2 heterocycles. The van der Waals surface area contributed by atoms with Crippen molar-refractivity contribution in [1.29, 1.82) is 0 Å². The second-order valence-electron chi connectivity index (χ2n) is 14.2. The molecule has 0 aromatic rings. The summed E-state index contributed by atoms with van der Waals surface area (Å²) in [6.45, 7) is 9.88. The number of aliphatic hydroxyl groups is 1. The number of ether oxygens (including phenoxy) is 2. The van der Waals surface area contributed by atoms with Crippen molar-refractivity contribution < 1.29 is 24.2 Å². The summed E-state index contributed by atoms with van der Waals surface area (Å²) < 4.78 is 12.8. The van der Waals surface area contributed by atoms with Crippen LogP contribution in [0.2, 0.25) is 24.2 Å². The van der Waals surface area contributed by atoms with E-state index in [-0.39, 0.29) is 36.5 Å². The minimum atomic E-state index is -1.86. The van der Waals surface area contributed by atoms with E-state index in [0.29, 0.717) is 29.5 Å². The molecule has 0 radical (unpaired) electrons. The third kappa shape index (κ3) is 5.35. The molecular formula is C32H54N2O5Si. The molecule has 0 unspecified atom stereocenters. The number of methoxy groups -OCH3 is 1. The van der Waals surface area contributed by atoms with Crippen LogP contribution >= 0.6 is 0 Å². The molecule has 226 valence electrons. The zero-order chi connectivity index (χ0) is 28.7. The monoisotopic (exact) mass is 574 g/mol. The Morgan fingerprint density at radius 1 is 1.10 bits per heavy atom. The van der Waals surface area contributed by atoms with Gasteiger partial charge in [-0.3, -0.25) is 9.59 Å². The third-order valence-electron chi connectivity index (χ3n) is 11.7. The molecule has 0 bridgehead atoms. The summed E-state index contributed by atoms with van der Waals surface area (Å²) in [7, 11) is -0.0237. The zero-order valence-electron chi connectivity index (χ0n) is 25.7. The number of aliphatic hydroxyl groups excluding tert-OH is 1. The minimum Gasteiger partial charge on any atom is -0.396 e. The predicted octanol–water partition coefficient (Wildman–Crippen LogP) is 5.55. The quantitative estimate of drug-likeness (QED) is 0.372. The molecule has 0 aromatic heterocycles. The number of nitrogens with one attached hydrogen (secondary N) is 1. The van der Waals surface area contributed by atoms with Crippen molar-refractivity contribution in [2.45, 2.75) is 145 Å². The van der Waals surface area contributed by atoms with E-state index in [0.717, 1.165) is 70.8 Å². The van der Waals surface area contributed by atoms with Gasteiger partial charge < -0.3 is 24.8 Å². The molecule has 7 nitrogen and oxygen atoms in total. The van der Waals surface area contributed by atoms with E-state index in [1.165, 1.54) is 24.1 Å². The Morgan fingerprint density at radius 3 is 2.40 bits per heavy atom. The molecule has 5 aliphatic rings. The number of nitrogens with zero attached hydrogens (tertiary/aromatic N) is 1. The van der Waals surface area contributed by atoms with Gasteiger partial charge in [0.2, 0.25) is 5.91 Å². The van der Waals surface area contributed by atoms with Gasteiger partial charge in [0.1, 0.15) is 0 Å². The summed E-state index contributed by atoms with van der Waals surface area (Å²) in [6, 6.07) is 0.267. The van der Waals surface area contributed by atoms with E-state index in [2.05, 4.69) is 30.2 Å². The van der Waals surface area contributed by atoms with Gasteiger partial charge in [-0.25, -0.2) is 0 Å². The average molecular weight is 575 g/mol. The van der Waals surface area contributed by atoms with Gasteiger partial charge in [-0.05, 0) is 93.2 Å². The Hall–Kier alpha value is -1.22. The highest BCUT2D eigenvalue weighted by atomic mass is 28.3. The number of carbonyl (C=O) groups is 2. The second-order valence-corrected chi connectivity index (χ2v) is 19.3. The van der Waals surface area contributed by atoms with Crippen LogP contribution in [-0.2, 0) is 19.1 Å². The van der Waals surface area contributed by atoms with Crippen molar-refractivity contribution in [1.82, 2.24) is 10.2 Å². The lowest BCUT2D eigenvalue weighted by molar-refractivity contribution is -0.150. The predicted molar refractivity (Wildman–Crippen MR) is 159 cm³/mol. The van der Waals surface area contributed by atoms with Crippen molar-refractivity contribution in [3.8, 4) is 0 Å². The second kappa shape index (κ2) is 12.2. The molecule has 1 spiro atoms. The van der Waals surface area contributed by atoms with Gasteiger partial charge in [0.15, 0.2) is 5.60 Å². The van der Waals surface area contributed by atoms with Crippen molar-refractivity contribution in [3.63, 3.8) is 0 Å². The van der Waals surface area contributed by atoms with Crippen molar-refractivity contribution in [2.75, 3.05) is 20.3 Å². The maximum absolute atomic E-state index is 14.7. The summed E-state index contributed by atoms with van der Waals surface area (Å²) in [6.07, 6.45) is 13.8. The number of fused-ring (bicyclic) bond motifs is 1. The van der Waals surface area contributed by atoms with Crippen LogP contribution in [0.4, 0.5) is 0 Å². The van der Waals surface area contributed by atoms with Crippen LogP contribution in [0.25, 0.3) is 0 Å². The van der Waals surface area contributed by atoms with Crippen molar-refractivity contribution in [3.05, 3.63) is 11.3 Å². The number of hydrogen-bond donors (Lipinski definition) is 2. The maximum atomic E-state index is 14.7. The molecule has 4 atom stereocenters. The standard InChI is InChI=1S/C32H54N2O5Si/c1-21-30(40(4,5)26-16-14-25(38-3)15-17-26)29(18-19-35)39-32(21)27-8-6-7-9-28(27)34(31(32)37)20-23-10-12-24(13-11-23)33-22(2)36/h21,23-26,29-30,35H,6-20H2,1-5H3,(H,33,36)/t21-,23?,24?,25?,26?,29+,30-,32+/m0/s1. The Morgan fingerprint density at radius 2 is 1.77 bits per heavy atom. The van der Waals surface area contributed by atoms with E-state index in [1.54, 1.807) is 6.92 Å². The number of allylic oxidation sites excluding steroid dienone is 1. The molecule has 8 heteroatoms. The van der Waals surface area contributed by atoms with Gasteiger partial charge >= 0.3 is 0 Å². The van der Waals surface area contributed by atoms with Gasteiger partial charge in [-0.2, -0.15) is 0 Å². The normalized spacial score (nSPS) is 38.7. The van der Waals surface area contributed by atoms with Gasteiger partial charge in [-0.15, -0.1) is 0 Å². The first-order valence-corrected chi connectivity index (χ1v) is 19.4. The summed E-state index contributed by atoms with van der Waals surface area (Å²) in [4.78, 5) is 28.4. The van der Waals surface area contributed by atoms with E-state index >= 15 is 0 Å². The molecular weight excluding hydrogens is 520 g/mol. The molecule has 2 saturated carbocycles. The molecule has 2 amide bonds. The van der Waals surface area contributed by atoms with Gasteiger partial charge in [0.05, 0.1) is 20.3 Å². The van der Waals surface area contributed by atoms with E-state index < -0.39 is 13.7 Å². The molecule has 1 saturated heterocycles. The van der Waals surface area contributed by atoms with Gasteiger partial charge in [0.25, 0.3) is 5.91 Å². The van der Waals surface area contributed by atoms with Gasteiger partial charge in [0, 0.05) is 44.8 Å². The first-order valence-electron chi connectivity index (χ1n) is 16.3. The number of carbonyl (C=O) groups excluding carboxylic acids is 2. The topological polar surface area (TPSA) is 88.1 Å². The molecule has 2 aliphatic heterocycles. The van der Waals surface area contributed by atoms with Gasteiger partial charge in [-0.1, -0.05) is 32.9 Å². The van der Waals surface area contributed by atoms with E-state index in [4.69, 9.17) is 9.47 Å². The fourth-order valence-corrected chi connectivity index (χ4v) is 14.7. The molecule has 5 rings (SSSR count). The fourth-order valence-electron chi connectivity index (χ4n) is 9.66. The van der Waals surface area contributed by atoms with E-state index in [1.807, 2.05) is 7.11 Å². The van der Waals surface area contributed by atoms with Crippen LogP contribution in [0, 0.1) is 11.8 Å². The molecule has 40 heavy (non-hydrogen) atoms. The summed E-state index contributed by atoms with van der Waals surface area (Å²) in [5.41, 5.74) is 2.73. The fraction of sp³-hybridized carbons (Fsp3) is 0.875. The lowest BCUT2D eigenvalue weighted by Gasteiger charge is -2.44. The third-order valence-corrected chi connectivity index (χ3v) is 17.0. The minimum absolute atomic E-state index is 0.0506. The lowest BCUT2D eigenvalue weighted by Crippen LogP contribution is -2.50. The Labute approximate surface area is 242 Å². The Kier molecular flexibility index (Phi) is 9.21. The molecule has 0 aromatic carbocycles. The molecule has 2 N–H and O–H groups in total. The summed E-state index contributed by atoms with van der Waals surface area (Å²) in [5.74, 6) is 0.827. The molecule has 3 fully saturated rings. The van der Waals surface area contributed by atoms with E-state index in [9.17, 15) is 14.7 Å². The van der Waals surface area contributed by atoms with Crippen molar-refractivity contribution >= 4 is 19.9 Å².